The van der Waals surface area contributed by atoms with Crippen molar-refractivity contribution in [2.24, 2.45) is 0 Å². The number of halogens is 2. The van der Waals surface area contributed by atoms with Crippen LogP contribution < -0.4 is 0 Å². The number of para-hydroxylation sites is 1. The van der Waals surface area contributed by atoms with E-state index in [2.05, 4.69) is 5.10 Å². The van der Waals surface area contributed by atoms with Gasteiger partial charge >= 0.3 is 0 Å². The number of aromatic nitrogens is 2. The number of hydrogen-bond donors (Lipinski definition) is 0. The van der Waals surface area contributed by atoms with Crippen molar-refractivity contribution < 1.29 is 8.42 Å². The first-order chi connectivity index (χ1) is 13.1. The lowest BCUT2D eigenvalue weighted by Crippen LogP contribution is -2.34. The molecule has 0 saturated heterocycles. The van der Waals surface area contributed by atoms with Gasteiger partial charge in [0.15, 0.2) is 0 Å². The molecule has 1 heterocycles. The molecular formula is C19H19Cl2N3O2S. The van der Waals surface area contributed by atoms with Gasteiger partial charge in [0.1, 0.15) is 10.6 Å². The first kappa shape index (κ1) is 19.9. The van der Waals surface area contributed by atoms with E-state index in [1.807, 2.05) is 60.7 Å². The van der Waals surface area contributed by atoms with Crippen LogP contribution in [0.5, 0.6) is 0 Å². The minimum atomic E-state index is -3.81. The van der Waals surface area contributed by atoms with E-state index in [1.54, 1.807) is 10.9 Å². The summed E-state index contributed by atoms with van der Waals surface area (Å²) in [5.74, 6) is 0.368. The highest BCUT2D eigenvalue weighted by Crippen LogP contribution is 2.29. The first-order valence-corrected chi connectivity index (χ1v) is 10.9. The maximum absolute atomic E-state index is 13.3. The highest BCUT2D eigenvalue weighted by Gasteiger charge is 2.29. The van der Waals surface area contributed by atoms with E-state index in [9.17, 15) is 8.42 Å². The molecule has 0 atom stereocenters. The average Bonchev–Trinajstić information content (AvgIpc) is 3.16. The van der Waals surface area contributed by atoms with E-state index in [0.29, 0.717) is 5.69 Å². The standard InChI is InChI=1S/C19H19Cl2N3O2S/c20-11-13-23(14-12-21)27(25,26)18-15-24(17-9-5-2-6-10-17)22-19(18)16-7-3-1-4-8-16/h1-10,15H,11-14H2. The monoisotopic (exact) mass is 423 g/mol. The van der Waals surface area contributed by atoms with Crippen LogP contribution in [-0.2, 0) is 10.0 Å². The summed E-state index contributed by atoms with van der Waals surface area (Å²) in [6, 6.07) is 18.6. The molecule has 0 aliphatic carbocycles. The fourth-order valence-corrected chi connectivity index (χ4v) is 4.92. The van der Waals surface area contributed by atoms with Crippen LogP contribution in [-0.4, -0.2) is 47.4 Å². The second kappa shape index (κ2) is 8.89. The van der Waals surface area contributed by atoms with Gasteiger partial charge in [-0.05, 0) is 12.1 Å². The van der Waals surface area contributed by atoms with Gasteiger partial charge in [0, 0.05) is 30.4 Å². The molecule has 0 N–H and O–H groups in total. The molecule has 1 aromatic heterocycles. The Bertz CT molecular complexity index is 971. The average molecular weight is 424 g/mol. The van der Waals surface area contributed by atoms with E-state index < -0.39 is 10.0 Å². The van der Waals surface area contributed by atoms with Crippen molar-refractivity contribution in [1.82, 2.24) is 14.1 Å². The van der Waals surface area contributed by atoms with E-state index in [0.717, 1.165) is 11.3 Å². The maximum atomic E-state index is 13.3. The molecule has 2 aromatic carbocycles. The van der Waals surface area contributed by atoms with Crippen molar-refractivity contribution in [2.75, 3.05) is 24.8 Å². The summed E-state index contributed by atoms with van der Waals surface area (Å²) in [6.45, 7) is 0.364. The molecule has 0 radical (unpaired) electrons. The van der Waals surface area contributed by atoms with Crippen LogP contribution in [0.3, 0.4) is 0 Å². The smallest absolute Gasteiger partial charge is 0.239 e. The number of benzene rings is 2. The van der Waals surface area contributed by atoms with Crippen LogP contribution in [0.4, 0.5) is 0 Å². The lowest BCUT2D eigenvalue weighted by Gasteiger charge is -2.19. The Labute approximate surface area is 169 Å². The van der Waals surface area contributed by atoms with Crippen molar-refractivity contribution in [3.63, 3.8) is 0 Å². The third kappa shape index (κ3) is 4.35. The van der Waals surface area contributed by atoms with E-state index in [4.69, 9.17) is 23.2 Å². The van der Waals surface area contributed by atoms with Gasteiger partial charge in [0.25, 0.3) is 0 Å². The molecule has 27 heavy (non-hydrogen) atoms. The molecule has 0 fully saturated rings. The topological polar surface area (TPSA) is 55.2 Å². The Morgan fingerprint density at radius 3 is 2.00 bits per heavy atom. The molecule has 0 unspecified atom stereocenters. The van der Waals surface area contributed by atoms with Crippen LogP contribution in [0.2, 0.25) is 0 Å². The summed E-state index contributed by atoms with van der Waals surface area (Å²) < 4.78 is 29.5. The Morgan fingerprint density at radius 2 is 1.44 bits per heavy atom. The van der Waals surface area contributed by atoms with Crippen molar-refractivity contribution in [3.8, 4) is 16.9 Å². The second-order valence-electron chi connectivity index (χ2n) is 5.77. The zero-order chi connectivity index (χ0) is 19.3. The second-order valence-corrected chi connectivity index (χ2v) is 8.43. The molecule has 0 aliphatic rings. The zero-order valence-electron chi connectivity index (χ0n) is 14.5. The lowest BCUT2D eigenvalue weighted by molar-refractivity contribution is 0.448. The fraction of sp³-hybridized carbons (Fsp3) is 0.211. The quantitative estimate of drug-likeness (QED) is 0.514. The third-order valence-corrected chi connectivity index (χ3v) is 6.27. The van der Waals surface area contributed by atoms with Gasteiger partial charge in [0.05, 0.1) is 11.9 Å². The molecule has 8 heteroatoms. The van der Waals surface area contributed by atoms with E-state index >= 15 is 0 Å². The molecule has 142 valence electrons. The zero-order valence-corrected chi connectivity index (χ0v) is 16.8. The molecule has 0 spiro atoms. The Morgan fingerprint density at radius 1 is 0.889 bits per heavy atom. The Hall–Kier alpha value is -1.86. The predicted molar refractivity (Wildman–Crippen MR) is 109 cm³/mol. The predicted octanol–water partition coefficient (Wildman–Crippen LogP) is 4.01. The summed E-state index contributed by atoms with van der Waals surface area (Å²) in [7, 11) is -3.81. The van der Waals surface area contributed by atoms with Crippen molar-refractivity contribution in [2.45, 2.75) is 4.90 Å². The molecule has 0 bridgehead atoms. The minimum absolute atomic E-state index is 0.132. The SMILES string of the molecule is O=S(=O)(c1cn(-c2ccccc2)nc1-c1ccccc1)N(CCCl)CCCl. The number of sulfonamides is 1. The summed E-state index contributed by atoms with van der Waals surface area (Å²) in [6.07, 6.45) is 1.54. The lowest BCUT2D eigenvalue weighted by atomic mass is 10.2. The van der Waals surface area contributed by atoms with Gasteiger partial charge in [-0.15, -0.1) is 23.2 Å². The number of rotatable bonds is 8. The maximum Gasteiger partial charge on any atom is 0.246 e. The van der Waals surface area contributed by atoms with Gasteiger partial charge in [-0.1, -0.05) is 48.5 Å². The third-order valence-electron chi connectivity index (χ3n) is 4.03. The Balaban J connectivity index is 2.17. The first-order valence-electron chi connectivity index (χ1n) is 8.40. The molecular weight excluding hydrogens is 405 g/mol. The molecule has 0 amide bonds. The van der Waals surface area contributed by atoms with Crippen molar-refractivity contribution >= 4 is 33.2 Å². The Kier molecular flexibility index (Phi) is 6.55. The van der Waals surface area contributed by atoms with Gasteiger partial charge in [0.2, 0.25) is 10.0 Å². The summed E-state index contributed by atoms with van der Waals surface area (Å²) in [5, 5.41) is 4.56. The minimum Gasteiger partial charge on any atom is -0.239 e. The fourth-order valence-electron chi connectivity index (χ4n) is 2.74. The van der Waals surface area contributed by atoms with Crippen LogP contribution in [0.15, 0.2) is 71.8 Å². The highest BCUT2D eigenvalue weighted by atomic mass is 35.5. The van der Waals surface area contributed by atoms with Crippen molar-refractivity contribution in [1.29, 1.82) is 0 Å². The molecule has 3 aromatic rings. The molecule has 0 saturated carbocycles. The number of hydrogen-bond acceptors (Lipinski definition) is 3. The normalized spacial score (nSPS) is 11.8. The number of alkyl halides is 2. The summed E-state index contributed by atoms with van der Waals surface area (Å²) in [4.78, 5) is 0.132. The van der Waals surface area contributed by atoms with E-state index in [1.165, 1.54) is 4.31 Å². The summed E-state index contributed by atoms with van der Waals surface area (Å²) >= 11 is 11.6. The van der Waals surface area contributed by atoms with Crippen LogP contribution in [0.1, 0.15) is 0 Å². The highest BCUT2D eigenvalue weighted by molar-refractivity contribution is 7.89. The summed E-state index contributed by atoms with van der Waals surface area (Å²) in [5.41, 5.74) is 1.90. The largest absolute Gasteiger partial charge is 0.246 e. The van der Waals surface area contributed by atoms with Gasteiger partial charge in [-0.2, -0.15) is 9.40 Å². The molecule has 0 aliphatic heterocycles. The van der Waals surface area contributed by atoms with Gasteiger partial charge < -0.3 is 0 Å². The van der Waals surface area contributed by atoms with Gasteiger partial charge in [-0.3, -0.25) is 0 Å². The molecule has 5 nitrogen and oxygen atoms in total. The van der Waals surface area contributed by atoms with Crippen LogP contribution >= 0.6 is 23.2 Å². The van der Waals surface area contributed by atoms with Crippen LogP contribution in [0.25, 0.3) is 16.9 Å². The van der Waals surface area contributed by atoms with Crippen molar-refractivity contribution in [3.05, 3.63) is 66.9 Å². The molecule has 3 rings (SSSR count). The van der Waals surface area contributed by atoms with Crippen LogP contribution in [0, 0.1) is 0 Å². The van der Waals surface area contributed by atoms with Gasteiger partial charge in [-0.25, -0.2) is 13.1 Å². The number of nitrogens with zero attached hydrogens (tertiary/aromatic N) is 3. The van der Waals surface area contributed by atoms with E-state index in [-0.39, 0.29) is 29.7 Å².